The lowest BCUT2D eigenvalue weighted by atomic mass is 9.74. The van der Waals surface area contributed by atoms with Crippen LogP contribution in [0, 0.1) is 29.6 Å². The smallest absolute Gasteiger partial charge is 0.397 e. The molecule has 5 N–H and O–H groups in total. The van der Waals surface area contributed by atoms with Gasteiger partial charge in [-0.25, -0.2) is 4.18 Å². The summed E-state index contributed by atoms with van der Waals surface area (Å²) in [7, 11) is 4.13. The number of ketones is 2. The zero-order chi connectivity index (χ0) is 75.2. The summed E-state index contributed by atoms with van der Waals surface area (Å²) in [5.74, 6) is -2.35. The molecular formula is C75H121NO24S. The molecule has 3 saturated heterocycles. The van der Waals surface area contributed by atoms with E-state index in [1.54, 1.807) is 68.8 Å². The van der Waals surface area contributed by atoms with Gasteiger partial charge in [-0.2, -0.15) is 8.42 Å². The van der Waals surface area contributed by atoms with Gasteiger partial charge in [-0.1, -0.05) is 113 Å². The second-order valence-corrected chi connectivity index (χ2v) is 30.9. The third-order valence-electron chi connectivity index (χ3n) is 21.2. The minimum Gasteiger partial charge on any atom is -0.493 e. The van der Waals surface area contributed by atoms with Gasteiger partial charge in [0.25, 0.3) is 0 Å². The summed E-state index contributed by atoms with van der Waals surface area (Å²) in [6.07, 6.45) is 2.65. The third kappa shape index (κ3) is 21.5. The first-order chi connectivity index (χ1) is 47.4. The van der Waals surface area contributed by atoms with Gasteiger partial charge < -0.3 is 82.2 Å². The van der Waals surface area contributed by atoms with Crippen LogP contribution in [0.4, 0.5) is 0 Å². The molecular weight excluding hydrogens is 1330 g/mol. The van der Waals surface area contributed by atoms with Crippen molar-refractivity contribution in [3.8, 4) is 28.7 Å². The Morgan fingerprint density at radius 2 is 1.39 bits per heavy atom. The number of fused-ring (bicyclic) bond motifs is 6. The van der Waals surface area contributed by atoms with Crippen LogP contribution in [0.5, 0.6) is 28.7 Å². The highest BCUT2D eigenvalue weighted by atomic mass is 32.3. The van der Waals surface area contributed by atoms with Crippen LogP contribution in [-0.4, -0.2) is 207 Å². The number of hydrogen-bond acceptors (Lipinski definition) is 24. The lowest BCUT2D eigenvalue weighted by Gasteiger charge is -2.49. The highest BCUT2D eigenvalue weighted by Crippen LogP contribution is 2.51. The highest BCUT2D eigenvalue weighted by Gasteiger charge is 2.55. The summed E-state index contributed by atoms with van der Waals surface area (Å²) in [6, 6.07) is 7.00. The van der Waals surface area contributed by atoms with Gasteiger partial charge in [-0.3, -0.25) is 23.7 Å². The molecule has 0 radical (unpaired) electrons. The number of Topliss-reactive ketones (excluding diaryl/α,β-unsaturated/α-hetero) is 2. The molecule has 0 spiro atoms. The molecule has 21 unspecified atom stereocenters. The Balaban J connectivity index is 0.000000286. The Labute approximate surface area is 599 Å². The summed E-state index contributed by atoms with van der Waals surface area (Å²) in [5.41, 5.74) is -2.55. The van der Waals surface area contributed by atoms with Crippen molar-refractivity contribution < 1.29 is 114 Å². The van der Waals surface area contributed by atoms with Crippen LogP contribution < -0.4 is 23.7 Å². The van der Waals surface area contributed by atoms with Crippen LogP contribution in [0.15, 0.2) is 24.3 Å². The van der Waals surface area contributed by atoms with Gasteiger partial charge in [0.2, 0.25) is 0 Å². The largest absolute Gasteiger partial charge is 0.493 e. The summed E-state index contributed by atoms with van der Waals surface area (Å²) in [4.78, 5) is 56.4. The Bertz CT molecular complexity index is 3120. The van der Waals surface area contributed by atoms with Crippen molar-refractivity contribution in [3.05, 3.63) is 41.0 Å². The van der Waals surface area contributed by atoms with Gasteiger partial charge in [0.1, 0.15) is 59.7 Å². The van der Waals surface area contributed by atoms with Crippen molar-refractivity contribution in [1.29, 1.82) is 0 Å². The summed E-state index contributed by atoms with van der Waals surface area (Å²) in [5, 5.41) is 46.6. The first-order valence-corrected chi connectivity index (χ1v) is 37.9. The quantitative estimate of drug-likeness (QED) is 0.0370. The number of carbonyl (C=O) groups is 4. The number of nitrogens with zero attached hydrogens (tertiary/aromatic N) is 1. The molecule has 0 saturated carbocycles. The van der Waals surface area contributed by atoms with Crippen LogP contribution >= 0.6 is 0 Å². The van der Waals surface area contributed by atoms with E-state index in [1.165, 1.54) is 72.8 Å². The van der Waals surface area contributed by atoms with Crippen molar-refractivity contribution in [2.24, 2.45) is 29.6 Å². The summed E-state index contributed by atoms with van der Waals surface area (Å²) in [6.45, 7) is 24.9. The number of carbonyl (C=O) groups excluding carboxylic acids is 4. The molecule has 0 bridgehead atoms. The van der Waals surface area contributed by atoms with Crippen molar-refractivity contribution in [2.75, 3.05) is 48.6 Å². The average molecular weight is 1450 g/mol. The molecule has 0 aromatic heterocycles. The number of aliphatic hydroxyl groups excluding tert-OH is 2. The Hall–Kier alpha value is -4.81. The van der Waals surface area contributed by atoms with Crippen molar-refractivity contribution in [3.63, 3.8) is 0 Å². The summed E-state index contributed by atoms with van der Waals surface area (Å²) >= 11 is 0. The molecule has 0 amide bonds. The predicted molar refractivity (Wildman–Crippen MR) is 376 cm³/mol. The summed E-state index contributed by atoms with van der Waals surface area (Å²) < 4.78 is 106. The Morgan fingerprint density at radius 1 is 0.762 bits per heavy atom. The molecule has 25 nitrogen and oxygen atoms in total. The molecule has 2 aromatic rings. The van der Waals surface area contributed by atoms with Gasteiger partial charge in [-0.15, -0.1) is 0 Å². The number of hydrogen-bond donors (Lipinski definition) is 5. The van der Waals surface area contributed by atoms with E-state index in [0.29, 0.717) is 53.9 Å². The molecule has 2 aromatic carbocycles. The topological polar surface area (TPSA) is 327 Å². The van der Waals surface area contributed by atoms with E-state index in [0.717, 1.165) is 36.1 Å². The van der Waals surface area contributed by atoms with Gasteiger partial charge in [-0.05, 0) is 105 Å². The van der Waals surface area contributed by atoms with Crippen LogP contribution in [-0.2, 0) is 68.5 Å². The maximum atomic E-state index is 14.2. The molecule has 6 aliphatic heterocycles. The molecule has 576 valence electrons. The predicted octanol–water partition coefficient (Wildman–Crippen LogP) is 10.3. The first kappa shape index (κ1) is 85.1. The third-order valence-corrected chi connectivity index (χ3v) is 21.6. The number of esters is 2. The molecule has 6 heterocycles. The molecule has 101 heavy (non-hydrogen) atoms. The van der Waals surface area contributed by atoms with E-state index in [-0.39, 0.29) is 62.4 Å². The van der Waals surface area contributed by atoms with Crippen molar-refractivity contribution in [2.45, 2.75) is 302 Å². The monoisotopic (exact) mass is 1450 g/mol. The number of cyclic esters (lactones) is 1. The van der Waals surface area contributed by atoms with Crippen LogP contribution in [0.1, 0.15) is 221 Å². The zero-order valence-corrected chi connectivity index (χ0v) is 64.2. The SMILES string of the molecule is CCC(=O)OC1C(OC2C(C)C(OC3CC(C)(OC)C(O)C(C)O3)C(C)C(=O)OC(CC)C(C)(O)C(O)C(C)C(=O)C(C)CC2(C)O)OC(C)CC1N(C)C.CCCCCCCCCCCCOS(=O)(=O)O.COc1cc2c(cc1OC)C1C(=O)c3ccc4c(c3OC1CO2)CC(C(C)C)O4. The van der Waals surface area contributed by atoms with Crippen LogP contribution in [0.25, 0.3) is 0 Å². The normalized spacial score (nSPS) is 34.3. The number of rotatable bonds is 24. The number of methoxy groups -OCH3 is 3. The maximum Gasteiger partial charge on any atom is 0.397 e. The number of likely N-dealkylation sites (N-methyl/N-ethyl adjacent to an activating group) is 1. The van der Waals surface area contributed by atoms with Gasteiger partial charge in [0.05, 0.1) is 86.0 Å². The standard InChI is InChI=1S/C40H71NO14.C23H24O6.C12H26O4S/c1-15-27-40(11,48)33(44)22(5)30(43)20(3)18-38(9,47)35(55-37-32(53-28(42)16-2)26(41(12)13)17-21(4)50-37)23(6)31(24(7)36(46)52-27)54-29-19-39(10,49-14)34(45)25(8)51-29;1-11(2)16-8-14-15(28-16)6-5-12-22(24)21-13-7-18(25-3)19(26-4)9-17(13)27-10-20(21)29-23(12)14;1-2-3-4-5-6-7-8-9-10-11-12-16-17(13,14)15/h20-27,29,31-35,37,44-45,47-48H,15-19H2,1-14H3;5-7,9,11,16,20-21H,8,10H2,1-4H3;2-12H2,1H3,(H,13,14,15). The minimum absolute atomic E-state index is 0.0452. The van der Waals surface area contributed by atoms with E-state index >= 15 is 0 Å². The minimum atomic E-state index is -4.23. The zero-order valence-electron chi connectivity index (χ0n) is 63.4. The molecule has 26 heteroatoms. The maximum absolute atomic E-state index is 14.2. The van der Waals surface area contributed by atoms with Gasteiger partial charge >= 0.3 is 22.3 Å². The van der Waals surface area contributed by atoms with Gasteiger partial charge in [0, 0.05) is 61.3 Å². The second kappa shape index (κ2) is 37.4. The molecule has 3 fully saturated rings. The van der Waals surface area contributed by atoms with Crippen molar-refractivity contribution in [1.82, 2.24) is 4.90 Å². The fourth-order valence-electron chi connectivity index (χ4n) is 15.0. The average Bonchev–Trinajstić information content (AvgIpc) is 1.70. The molecule has 6 aliphatic rings. The van der Waals surface area contributed by atoms with E-state index in [4.69, 9.17) is 61.4 Å². The number of ether oxygens (including phenoxy) is 12. The Kier molecular flexibility index (Phi) is 31.6. The molecule has 8 rings (SSSR count). The number of aliphatic hydroxyl groups is 4. The van der Waals surface area contributed by atoms with E-state index < -0.39 is 130 Å². The van der Waals surface area contributed by atoms with Crippen LogP contribution in [0.3, 0.4) is 0 Å². The van der Waals surface area contributed by atoms with Gasteiger partial charge in [0.15, 0.2) is 36.0 Å². The van der Waals surface area contributed by atoms with E-state index in [1.807, 2.05) is 44.1 Å². The lowest BCUT2D eigenvalue weighted by molar-refractivity contribution is -0.319. The van der Waals surface area contributed by atoms with E-state index in [2.05, 4.69) is 25.0 Å². The molecule has 0 aliphatic carbocycles. The number of benzene rings is 2. The fourth-order valence-corrected chi connectivity index (χ4v) is 15.3. The highest BCUT2D eigenvalue weighted by molar-refractivity contribution is 7.80. The Morgan fingerprint density at radius 3 is 1.96 bits per heavy atom. The van der Waals surface area contributed by atoms with E-state index in [9.17, 15) is 48.0 Å². The second-order valence-electron chi connectivity index (χ2n) is 29.8. The fraction of sp³-hybridized carbons (Fsp3) is 0.787. The first-order valence-electron chi connectivity index (χ1n) is 36.6. The lowest BCUT2D eigenvalue weighted by Crippen LogP contribution is -2.61. The molecule has 21 atom stereocenters. The van der Waals surface area contributed by atoms with Crippen LogP contribution in [0.2, 0.25) is 0 Å². The number of unbranched alkanes of at least 4 members (excludes halogenated alkanes) is 9. The van der Waals surface area contributed by atoms with Crippen molar-refractivity contribution >= 4 is 33.9 Å².